The Hall–Kier alpha value is -1.06. The SMILES string of the molecule is CC(C)CC(=O)NCCC(N)=O. The van der Waals surface area contributed by atoms with Gasteiger partial charge < -0.3 is 11.1 Å². The number of amides is 2. The number of primary amides is 1. The Labute approximate surface area is 72.5 Å². The lowest BCUT2D eigenvalue weighted by Gasteiger charge is -2.05. The van der Waals surface area contributed by atoms with Crippen LogP contribution in [0.5, 0.6) is 0 Å². The van der Waals surface area contributed by atoms with E-state index in [2.05, 4.69) is 5.32 Å². The molecule has 0 saturated carbocycles. The van der Waals surface area contributed by atoms with E-state index in [1.165, 1.54) is 0 Å². The van der Waals surface area contributed by atoms with E-state index in [-0.39, 0.29) is 18.2 Å². The third-order valence-corrected chi connectivity index (χ3v) is 1.29. The van der Waals surface area contributed by atoms with Crippen molar-refractivity contribution in [3.63, 3.8) is 0 Å². The lowest BCUT2D eigenvalue weighted by atomic mass is 10.1. The lowest BCUT2D eigenvalue weighted by molar-refractivity contribution is -0.122. The molecule has 0 radical (unpaired) electrons. The van der Waals surface area contributed by atoms with Gasteiger partial charge in [0.25, 0.3) is 0 Å². The Morgan fingerprint density at radius 1 is 1.42 bits per heavy atom. The molecule has 0 saturated heterocycles. The van der Waals surface area contributed by atoms with Crippen LogP contribution < -0.4 is 11.1 Å². The van der Waals surface area contributed by atoms with Crippen LogP contribution in [0.4, 0.5) is 0 Å². The van der Waals surface area contributed by atoms with Gasteiger partial charge in [-0.05, 0) is 5.92 Å². The molecule has 0 atom stereocenters. The topological polar surface area (TPSA) is 72.2 Å². The maximum Gasteiger partial charge on any atom is 0.220 e. The molecule has 0 unspecified atom stereocenters. The average molecular weight is 172 g/mol. The minimum absolute atomic E-state index is 0.0220. The number of hydrogen-bond donors (Lipinski definition) is 2. The van der Waals surface area contributed by atoms with Crippen LogP contribution in [0.15, 0.2) is 0 Å². The van der Waals surface area contributed by atoms with Crippen molar-refractivity contribution in [1.82, 2.24) is 5.32 Å². The molecule has 0 aromatic rings. The molecule has 0 aromatic heterocycles. The van der Waals surface area contributed by atoms with Gasteiger partial charge in [-0.25, -0.2) is 0 Å². The number of rotatable bonds is 5. The van der Waals surface area contributed by atoms with E-state index < -0.39 is 0 Å². The number of nitrogens with two attached hydrogens (primary N) is 1. The first kappa shape index (κ1) is 10.9. The summed E-state index contributed by atoms with van der Waals surface area (Å²) in [6.07, 6.45) is 0.711. The third kappa shape index (κ3) is 7.05. The maximum atomic E-state index is 11.0. The largest absolute Gasteiger partial charge is 0.370 e. The quantitative estimate of drug-likeness (QED) is 0.613. The summed E-state index contributed by atoms with van der Waals surface area (Å²) >= 11 is 0. The number of hydrogen-bond acceptors (Lipinski definition) is 2. The van der Waals surface area contributed by atoms with Crippen molar-refractivity contribution in [2.24, 2.45) is 11.7 Å². The summed E-state index contributed by atoms with van der Waals surface area (Å²) in [7, 11) is 0. The van der Waals surface area contributed by atoms with E-state index in [9.17, 15) is 9.59 Å². The van der Waals surface area contributed by atoms with E-state index in [1.807, 2.05) is 13.8 Å². The van der Waals surface area contributed by atoms with Crippen molar-refractivity contribution in [3.05, 3.63) is 0 Å². The summed E-state index contributed by atoms with van der Waals surface area (Å²) in [6.45, 7) is 4.28. The Bertz CT molecular complexity index is 166. The van der Waals surface area contributed by atoms with Crippen LogP contribution in [0.1, 0.15) is 26.7 Å². The Balaban J connectivity index is 3.38. The van der Waals surface area contributed by atoms with E-state index >= 15 is 0 Å². The molecule has 0 spiro atoms. The number of carbonyl (C=O) groups is 2. The first-order valence-electron chi connectivity index (χ1n) is 4.07. The molecule has 0 rings (SSSR count). The van der Waals surface area contributed by atoms with E-state index in [0.29, 0.717) is 18.9 Å². The van der Waals surface area contributed by atoms with Gasteiger partial charge in [0, 0.05) is 19.4 Å². The van der Waals surface area contributed by atoms with Crippen molar-refractivity contribution in [3.8, 4) is 0 Å². The minimum Gasteiger partial charge on any atom is -0.370 e. The molecule has 0 aromatic carbocycles. The summed E-state index contributed by atoms with van der Waals surface area (Å²) in [5, 5.41) is 2.61. The standard InChI is InChI=1S/C8H16N2O2/c1-6(2)5-8(12)10-4-3-7(9)11/h6H,3-5H2,1-2H3,(H2,9,11)(H,10,12). The van der Waals surface area contributed by atoms with Crippen LogP contribution in [0.3, 0.4) is 0 Å². The van der Waals surface area contributed by atoms with Crippen LogP contribution in [-0.4, -0.2) is 18.4 Å². The van der Waals surface area contributed by atoms with Crippen molar-refractivity contribution in [2.45, 2.75) is 26.7 Å². The van der Waals surface area contributed by atoms with Crippen LogP contribution in [0.2, 0.25) is 0 Å². The van der Waals surface area contributed by atoms with Crippen LogP contribution in [0.25, 0.3) is 0 Å². The molecule has 3 N–H and O–H groups in total. The molecule has 0 heterocycles. The molecular formula is C8H16N2O2. The third-order valence-electron chi connectivity index (χ3n) is 1.29. The molecule has 0 aliphatic carbocycles. The summed E-state index contributed by atoms with van der Waals surface area (Å²) in [6, 6.07) is 0. The molecule has 0 fully saturated rings. The van der Waals surface area contributed by atoms with Gasteiger partial charge >= 0.3 is 0 Å². The Kier molecular flexibility index (Phi) is 5.08. The summed E-state index contributed by atoms with van der Waals surface area (Å²) in [5.41, 5.74) is 4.89. The smallest absolute Gasteiger partial charge is 0.220 e. The van der Waals surface area contributed by atoms with Gasteiger partial charge in [-0.1, -0.05) is 13.8 Å². The highest BCUT2D eigenvalue weighted by Gasteiger charge is 2.03. The second-order valence-corrected chi connectivity index (χ2v) is 3.16. The monoisotopic (exact) mass is 172 g/mol. The van der Waals surface area contributed by atoms with Crippen LogP contribution >= 0.6 is 0 Å². The predicted octanol–water partition coefficient (Wildman–Crippen LogP) is 0.0241. The molecule has 70 valence electrons. The molecule has 2 amide bonds. The zero-order valence-corrected chi connectivity index (χ0v) is 7.59. The van der Waals surface area contributed by atoms with Gasteiger partial charge in [-0.2, -0.15) is 0 Å². The van der Waals surface area contributed by atoms with Crippen molar-refractivity contribution < 1.29 is 9.59 Å². The first-order valence-corrected chi connectivity index (χ1v) is 4.07. The highest BCUT2D eigenvalue weighted by atomic mass is 16.2. The van der Waals surface area contributed by atoms with E-state index in [0.717, 1.165) is 0 Å². The highest BCUT2D eigenvalue weighted by molar-refractivity contribution is 5.78. The second-order valence-electron chi connectivity index (χ2n) is 3.16. The fraction of sp³-hybridized carbons (Fsp3) is 0.750. The molecule has 0 aliphatic rings. The van der Waals surface area contributed by atoms with Crippen LogP contribution in [0, 0.1) is 5.92 Å². The van der Waals surface area contributed by atoms with Gasteiger partial charge in [0.1, 0.15) is 0 Å². The van der Waals surface area contributed by atoms with Gasteiger partial charge in [-0.3, -0.25) is 9.59 Å². The molecule has 0 bridgehead atoms. The summed E-state index contributed by atoms with van der Waals surface area (Å²) < 4.78 is 0. The van der Waals surface area contributed by atoms with Crippen LogP contribution in [-0.2, 0) is 9.59 Å². The summed E-state index contributed by atoms with van der Waals surface area (Å²) in [4.78, 5) is 21.2. The molecule has 12 heavy (non-hydrogen) atoms. The highest BCUT2D eigenvalue weighted by Crippen LogP contribution is 1.97. The lowest BCUT2D eigenvalue weighted by Crippen LogP contribution is -2.28. The van der Waals surface area contributed by atoms with Crippen molar-refractivity contribution in [1.29, 1.82) is 0 Å². The summed E-state index contributed by atoms with van der Waals surface area (Å²) in [5.74, 6) is -0.0651. The fourth-order valence-electron chi connectivity index (χ4n) is 0.768. The van der Waals surface area contributed by atoms with Gasteiger partial charge in [-0.15, -0.1) is 0 Å². The molecule has 4 nitrogen and oxygen atoms in total. The second kappa shape index (κ2) is 5.57. The van der Waals surface area contributed by atoms with E-state index in [4.69, 9.17) is 5.73 Å². The zero-order valence-electron chi connectivity index (χ0n) is 7.59. The van der Waals surface area contributed by atoms with Gasteiger partial charge in [0.2, 0.25) is 11.8 Å². The van der Waals surface area contributed by atoms with Crippen molar-refractivity contribution >= 4 is 11.8 Å². The normalized spacial score (nSPS) is 9.92. The first-order chi connectivity index (χ1) is 5.52. The molecule has 4 heteroatoms. The molecule has 0 aliphatic heterocycles. The Morgan fingerprint density at radius 3 is 2.42 bits per heavy atom. The van der Waals surface area contributed by atoms with Crippen molar-refractivity contribution in [2.75, 3.05) is 6.54 Å². The number of carbonyl (C=O) groups excluding carboxylic acids is 2. The number of nitrogens with one attached hydrogen (secondary N) is 1. The zero-order chi connectivity index (χ0) is 9.56. The maximum absolute atomic E-state index is 11.0. The van der Waals surface area contributed by atoms with Gasteiger partial charge in [0.05, 0.1) is 0 Å². The average Bonchev–Trinajstić information content (AvgIpc) is 1.84. The fourth-order valence-corrected chi connectivity index (χ4v) is 0.768. The van der Waals surface area contributed by atoms with E-state index in [1.54, 1.807) is 0 Å². The minimum atomic E-state index is -0.389. The molecular weight excluding hydrogens is 156 g/mol. The Morgan fingerprint density at radius 2 is 2.00 bits per heavy atom. The predicted molar refractivity (Wildman–Crippen MR) is 46.3 cm³/mol. The van der Waals surface area contributed by atoms with Gasteiger partial charge in [0.15, 0.2) is 0 Å².